The van der Waals surface area contributed by atoms with E-state index in [0.29, 0.717) is 18.0 Å². The van der Waals surface area contributed by atoms with Crippen LogP contribution < -0.4 is 16.7 Å². The van der Waals surface area contributed by atoms with Gasteiger partial charge in [-0.25, -0.2) is 14.6 Å². The maximum Gasteiger partial charge on any atom is 0.332 e. The summed E-state index contributed by atoms with van der Waals surface area (Å²) >= 11 is 6.01. The smallest absolute Gasteiger partial charge is 0.303 e. The normalized spacial score (nSPS) is 11.8. The molecule has 3 aromatic rings. The van der Waals surface area contributed by atoms with Crippen molar-refractivity contribution in [1.29, 1.82) is 0 Å². The van der Waals surface area contributed by atoms with Crippen LogP contribution in [0, 0.1) is 11.7 Å². The van der Waals surface area contributed by atoms with Crippen molar-refractivity contribution < 1.29 is 4.39 Å². The van der Waals surface area contributed by atoms with E-state index < -0.39 is 17.1 Å². The van der Waals surface area contributed by atoms with E-state index in [1.807, 2.05) is 0 Å². The maximum atomic E-state index is 13.9. The Labute approximate surface area is 171 Å². The minimum absolute atomic E-state index is 0.134. The molecule has 0 amide bonds. The monoisotopic (exact) mass is 420 g/mol. The van der Waals surface area contributed by atoms with Crippen molar-refractivity contribution in [3.05, 3.63) is 55.4 Å². The van der Waals surface area contributed by atoms with Crippen LogP contribution in [0.3, 0.4) is 0 Å². The van der Waals surface area contributed by atoms with Crippen molar-refractivity contribution in [3.8, 4) is 0 Å². The van der Waals surface area contributed by atoms with Crippen LogP contribution in [0.2, 0.25) is 5.02 Å². The van der Waals surface area contributed by atoms with E-state index in [0.717, 1.165) is 11.0 Å². The molecule has 8 nitrogen and oxygen atoms in total. The first-order valence-corrected chi connectivity index (χ1v) is 9.49. The molecule has 0 saturated heterocycles. The Kier molecular flexibility index (Phi) is 5.88. The molecule has 1 aromatic carbocycles. The van der Waals surface area contributed by atoms with E-state index in [9.17, 15) is 14.0 Å². The molecule has 3 rings (SSSR count). The Bertz CT molecular complexity index is 1190. The number of fused-ring (bicyclic) bond motifs is 1. The molecule has 0 radical (unpaired) electrons. The van der Waals surface area contributed by atoms with Crippen LogP contribution in [0.5, 0.6) is 0 Å². The highest BCUT2D eigenvalue weighted by atomic mass is 35.5. The molecule has 0 aliphatic rings. The summed E-state index contributed by atoms with van der Waals surface area (Å²) in [6.07, 6.45) is 2.04. The van der Waals surface area contributed by atoms with Crippen LogP contribution >= 0.6 is 11.6 Å². The zero-order valence-corrected chi connectivity index (χ0v) is 17.4. The molecule has 0 aliphatic heterocycles. The number of nitrogens with zero attached hydrogens (tertiary/aromatic N) is 5. The lowest BCUT2D eigenvalue weighted by atomic mass is 10.1. The number of hydrazone groups is 1. The minimum Gasteiger partial charge on any atom is -0.303 e. The second-order valence-corrected chi connectivity index (χ2v) is 7.56. The van der Waals surface area contributed by atoms with Crippen LogP contribution in [0.25, 0.3) is 11.2 Å². The summed E-state index contributed by atoms with van der Waals surface area (Å²) < 4.78 is 18.0. The molecule has 154 valence electrons. The molecule has 0 saturated carbocycles. The number of imidazole rings is 1. The average molecular weight is 421 g/mol. The number of anilines is 1. The summed E-state index contributed by atoms with van der Waals surface area (Å²) in [5, 5.41) is 4.26. The summed E-state index contributed by atoms with van der Waals surface area (Å²) in [5.74, 6) is 0.160. The van der Waals surface area contributed by atoms with Gasteiger partial charge in [-0.2, -0.15) is 10.1 Å². The Balaban J connectivity index is 2.09. The highest BCUT2D eigenvalue weighted by Gasteiger charge is 2.19. The van der Waals surface area contributed by atoms with Gasteiger partial charge in [0.2, 0.25) is 5.95 Å². The third-order valence-corrected chi connectivity index (χ3v) is 4.97. The summed E-state index contributed by atoms with van der Waals surface area (Å²) in [4.78, 5) is 29.3. The third kappa shape index (κ3) is 3.95. The van der Waals surface area contributed by atoms with Crippen molar-refractivity contribution in [1.82, 2.24) is 18.7 Å². The predicted molar refractivity (Wildman–Crippen MR) is 112 cm³/mol. The predicted octanol–water partition coefficient (Wildman–Crippen LogP) is 2.72. The molecular weight excluding hydrogens is 399 g/mol. The summed E-state index contributed by atoms with van der Waals surface area (Å²) in [6, 6.07) is 4.35. The number of benzene rings is 1. The number of nitrogens with one attached hydrogen (secondary N) is 1. The molecule has 0 spiro atoms. The first-order chi connectivity index (χ1) is 13.7. The minimum atomic E-state index is -0.507. The SMILES string of the molecule is CC(C)CCn1c(N/N=C/c2c(F)cccc2Cl)nc2c1c(=O)n(C)c(=O)n2C. The van der Waals surface area contributed by atoms with Crippen molar-refractivity contribution in [2.75, 3.05) is 5.43 Å². The molecule has 2 heterocycles. The number of aromatic nitrogens is 4. The second kappa shape index (κ2) is 8.20. The van der Waals surface area contributed by atoms with Gasteiger partial charge < -0.3 is 4.57 Å². The lowest BCUT2D eigenvalue weighted by molar-refractivity contribution is 0.524. The van der Waals surface area contributed by atoms with Gasteiger partial charge in [0, 0.05) is 26.2 Å². The fraction of sp³-hybridized carbons (Fsp3) is 0.368. The van der Waals surface area contributed by atoms with E-state index in [-0.39, 0.29) is 22.2 Å². The zero-order chi connectivity index (χ0) is 21.3. The number of aryl methyl sites for hydroxylation is 2. The molecule has 0 fully saturated rings. The van der Waals surface area contributed by atoms with Gasteiger partial charge in [0.25, 0.3) is 5.56 Å². The van der Waals surface area contributed by atoms with Gasteiger partial charge in [-0.05, 0) is 24.5 Å². The van der Waals surface area contributed by atoms with Gasteiger partial charge in [0.15, 0.2) is 11.2 Å². The van der Waals surface area contributed by atoms with Crippen LogP contribution in [0.1, 0.15) is 25.8 Å². The molecule has 29 heavy (non-hydrogen) atoms. The molecule has 2 aromatic heterocycles. The Hall–Kier alpha value is -2.94. The van der Waals surface area contributed by atoms with Crippen LogP contribution in [-0.2, 0) is 20.6 Å². The molecule has 1 N–H and O–H groups in total. The largest absolute Gasteiger partial charge is 0.332 e. The van der Waals surface area contributed by atoms with Crippen molar-refractivity contribution in [3.63, 3.8) is 0 Å². The van der Waals surface area contributed by atoms with Crippen molar-refractivity contribution >= 4 is 34.9 Å². The highest BCUT2D eigenvalue weighted by Crippen LogP contribution is 2.19. The summed E-state index contributed by atoms with van der Waals surface area (Å²) in [5.41, 5.74) is 2.54. The molecule has 0 atom stereocenters. The third-order valence-electron chi connectivity index (χ3n) is 4.64. The number of hydrogen-bond acceptors (Lipinski definition) is 5. The van der Waals surface area contributed by atoms with Gasteiger partial charge in [-0.15, -0.1) is 0 Å². The van der Waals surface area contributed by atoms with Crippen LogP contribution in [-0.4, -0.2) is 24.9 Å². The lowest BCUT2D eigenvalue weighted by Crippen LogP contribution is -2.37. The van der Waals surface area contributed by atoms with E-state index in [2.05, 4.69) is 29.4 Å². The average Bonchev–Trinajstić information content (AvgIpc) is 3.04. The quantitative estimate of drug-likeness (QED) is 0.490. The van der Waals surface area contributed by atoms with E-state index in [1.54, 1.807) is 17.7 Å². The van der Waals surface area contributed by atoms with E-state index in [4.69, 9.17) is 11.6 Å². The number of hydrogen-bond donors (Lipinski definition) is 1. The fourth-order valence-corrected chi connectivity index (χ4v) is 3.14. The van der Waals surface area contributed by atoms with Crippen molar-refractivity contribution in [2.24, 2.45) is 25.1 Å². The van der Waals surface area contributed by atoms with Gasteiger partial charge >= 0.3 is 5.69 Å². The lowest BCUT2D eigenvalue weighted by Gasteiger charge is -2.10. The maximum absolute atomic E-state index is 13.9. The fourth-order valence-electron chi connectivity index (χ4n) is 2.93. The standard InChI is InChI=1S/C19H22ClFN6O2/c1-11(2)8-9-27-15-16(25(3)19(29)26(4)17(15)28)23-18(27)24-22-10-12-13(20)6-5-7-14(12)21/h5-7,10-11H,8-9H2,1-4H3,(H,23,24)/b22-10+. The summed E-state index contributed by atoms with van der Waals surface area (Å²) in [7, 11) is 2.98. The Morgan fingerprint density at radius 1 is 1.28 bits per heavy atom. The first-order valence-electron chi connectivity index (χ1n) is 9.11. The van der Waals surface area contributed by atoms with Crippen LogP contribution in [0.15, 0.2) is 32.9 Å². The molecule has 0 unspecified atom stereocenters. The topological polar surface area (TPSA) is 86.2 Å². The second-order valence-electron chi connectivity index (χ2n) is 7.15. The van der Waals surface area contributed by atoms with Gasteiger partial charge in [0.1, 0.15) is 5.82 Å². The molecule has 0 aliphatic carbocycles. The van der Waals surface area contributed by atoms with Crippen molar-refractivity contribution in [2.45, 2.75) is 26.8 Å². The molecular formula is C19H22ClFN6O2. The van der Waals surface area contributed by atoms with Gasteiger partial charge in [-0.1, -0.05) is 31.5 Å². The Morgan fingerprint density at radius 3 is 2.66 bits per heavy atom. The highest BCUT2D eigenvalue weighted by molar-refractivity contribution is 6.33. The van der Waals surface area contributed by atoms with E-state index in [1.165, 1.54) is 30.0 Å². The van der Waals surface area contributed by atoms with Gasteiger partial charge in [0.05, 0.1) is 11.2 Å². The Morgan fingerprint density at radius 2 is 2.00 bits per heavy atom. The number of halogens is 2. The zero-order valence-electron chi connectivity index (χ0n) is 16.6. The molecule has 0 bridgehead atoms. The number of rotatable bonds is 6. The van der Waals surface area contributed by atoms with E-state index >= 15 is 0 Å². The first kappa shape index (κ1) is 20.8. The summed E-state index contributed by atoms with van der Waals surface area (Å²) in [6.45, 7) is 4.64. The van der Waals surface area contributed by atoms with Crippen LogP contribution in [0.4, 0.5) is 10.3 Å². The molecule has 10 heteroatoms. The van der Waals surface area contributed by atoms with Gasteiger partial charge in [-0.3, -0.25) is 13.9 Å².